The van der Waals surface area contributed by atoms with Gasteiger partial charge in [-0.25, -0.2) is 0 Å². The van der Waals surface area contributed by atoms with Crippen LogP contribution in [0, 0.1) is 6.92 Å². The van der Waals surface area contributed by atoms with Crippen molar-refractivity contribution in [1.82, 2.24) is 4.90 Å². The lowest BCUT2D eigenvalue weighted by molar-refractivity contribution is 0.154. The molecule has 61 valence electrons. The summed E-state index contributed by atoms with van der Waals surface area (Å²) in [7, 11) is 4.17. The summed E-state index contributed by atoms with van der Waals surface area (Å²) in [4.78, 5) is 2.18. The van der Waals surface area contributed by atoms with Crippen LogP contribution in [0.1, 0.15) is 12.8 Å². The fourth-order valence-corrected chi connectivity index (χ4v) is 0.734. The normalized spacial score (nSPS) is 10.8. The Morgan fingerprint density at radius 1 is 1.30 bits per heavy atom. The Hall–Kier alpha value is -0.0800. The molecule has 0 saturated heterocycles. The van der Waals surface area contributed by atoms with Gasteiger partial charge in [0, 0.05) is 13.2 Å². The minimum atomic E-state index is 0.599. The summed E-state index contributed by atoms with van der Waals surface area (Å²) in [6.07, 6.45) is 2.36. The Morgan fingerprint density at radius 2 is 2.00 bits per heavy atom. The molecule has 0 aliphatic carbocycles. The molecule has 0 N–H and O–H groups in total. The van der Waals surface area contributed by atoms with Crippen molar-refractivity contribution in [3.05, 3.63) is 6.92 Å². The number of hydrogen-bond donors (Lipinski definition) is 0. The molecule has 2 nitrogen and oxygen atoms in total. The Morgan fingerprint density at radius 3 is 2.50 bits per heavy atom. The third kappa shape index (κ3) is 7.92. The lowest BCUT2D eigenvalue weighted by atomic mass is 10.3. The van der Waals surface area contributed by atoms with Crippen LogP contribution in [0.5, 0.6) is 0 Å². The van der Waals surface area contributed by atoms with Crippen molar-refractivity contribution < 1.29 is 4.74 Å². The average molecular weight is 144 g/mol. The quantitative estimate of drug-likeness (QED) is 0.519. The van der Waals surface area contributed by atoms with Crippen molar-refractivity contribution >= 4 is 0 Å². The van der Waals surface area contributed by atoms with Crippen LogP contribution in [0.25, 0.3) is 0 Å². The molecular weight excluding hydrogens is 126 g/mol. The molecule has 0 aliphatic rings. The molecule has 0 saturated carbocycles. The van der Waals surface area contributed by atoms with E-state index in [-0.39, 0.29) is 0 Å². The lowest BCUT2D eigenvalue weighted by Gasteiger charge is -2.08. The van der Waals surface area contributed by atoms with Crippen LogP contribution in [0.2, 0.25) is 0 Å². The number of ether oxygens (including phenoxy) is 1. The number of rotatable bonds is 6. The largest absolute Gasteiger partial charge is 0.381 e. The van der Waals surface area contributed by atoms with E-state index in [0.29, 0.717) is 6.61 Å². The molecule has 1 radical (unpaired) electrons. The molecule has 0 aromatic rings. The molecule has 0 aromatic carbocycles. The summed E-state index contributed by atoms with van der Waals surface area (Å²) < 4.78 is 5.09. The van der Waals surface area contributed by atoms with Gasteiger partial charge in [0.25, 0.3) is 0 Å². The zero-order valence-electron chi connectivity index (χ0n) is 7.10. The fourth-order valence-electron chi connectivity index (χ4n) is 0.734. The first-order valence-corrected chi connectivity index (χ1v) is 3.79. The van der Waals surface area contributed by atoms with E-state index in [1.54, 1.807) is 0 Å². The van der Waals surface area contributed by atoms with Crippen molar-refractivity contribution in [1.29, 1.82) is 0 Å². The predicted octanol–water partition coefficient (Wildman–Crippen LogP) is 1.18. The zero-order chi connectivity index (χ0) is 7.82. The van der Waals surface area contributed by atoms with Gasteiger partial charge < -0.3 is 9.64 Å². The van der Waals surface area contributed by atoms with E-state index in [2.05, 4.69) is 25.9 Å². The van der Waals surface area contributed by atoms with Gasteiger partial charge in [0.15, 0.2) is 0 Å². The van der Waals surface area contributed by atoms with Gasteiger partial charge in [-0.05, 0) is 40.4 Å². The molecule has 10 heavy (non-hydrogen) atoms. The second-order valence-electron chi connectivity index (χ2n) is 2.62. The summed E-state index contributed by atoms with van der Waals surface area (Å²) in [6, 6.07) is 0. The first kappa shape index (κ1) is 9.92. The smallest absolute Gasteiger partial charge is 0.0466 e. The minimum Gasteiger partial charge on any atom is -0.381 e. The highest BCUT2D eigenvalue weighted by atomic mass is 16.5. The molecule has 2 heteroatoms. The van der Waals surface area contributed by atoms with Gasteiger partial charge in [0.1, 0.15) is 0 Å². The highest BCUT2D eigenvalue weighted by molar-refractivity contribution is 4.44. The molecule has 0 aromatic heterocycles. The SMILES string of the molecule is [CH2]COCCCCN(C)C. The molecule has 0 aliphatic heterocycles. The summed E-state index contributed by atoms with van der Waals surface area (Å²) in [6.45, 7) is 6.20. The average Bonchev–Trinajstić information content (AvgIpc) is 1.87. The molecule has 0 heterocycles. The van der Waals surface area contributed by atoms with E-state index in [4.69, 9.17) is 4.74 Å². The van der Waals surface area contributed by atoms with Crippen molar-refractivity contribution in [3.8, 4) is 0 Å². The van der Waals surface area contributed by atoms with Gasteiger partial charge in [-0.2, -0.15) is 0 Å². The van der Waals surface area contributed by atoms with Crippen molar-refractivity contribution in [3.63, 3.8) is 0 Å². The lowest BCUT2D eigenvalue weighted by Crippen LogP contribution is -2.13. The molecule has 0 spiro atoms. The Balaban J connectivity index is 2.77. The van der Waals surface area contributed by atoms with E-state index in [0.717, 1.165) is 19.6 Å². The molecule has 0 fully saturated rings. The first-order valence-electron chi connectivity index (χ1n) is 3.79. The van der Waals surface area contributed by atoms with Gasteiger partial charge in [0.05, 0.1) is 0 Å². The number of nitrogens with zero attached hydrogens (tertiary/aromatic N) is 1. The maximum Gasteiger partial charge on any atom is 0.0466 e. The number of unbranched alkanes of at least 4 members (excludes halogenated alkanes) is 1. The maximum absolute atomic E-state index is 5.09. The van der Waals surface area contributed by atoms with Gasteiger partial charge in [-0.3, -0.25) is 0 Å². The maximum atomic E-state index is 5.09. The standard InChI is InChI=1S/C8H18NO/c1-4-10-8-6-5-7-9(2)3/h1,4-8H2,2-3H3. The number of hydrogen-bond acceptors (Lipinski definition) is 2. The molecule has 0 amide bonds. The van der Waals surface area contributed by atoms with Crippen molar-refractivity contribution in [2.45, 2.75) is 12.8 Å². The van der Waals surface area contributed by atoms with Crippen LogP contribution >= 0.6 is 0 Å². The summed E-state index contributed by atoms with van der Waals surface area (Å²) in [5.74, 6) is 0. The second-order valence-corrected chi connectivity index (χ2v) is 2.62. The monoisotopic (exact) mass is 144 g/mol. The highest BCUT2D eigenvalue weighted by Gasteiger charge is 1.89. The Labute approximate surface area is 64.2 Å². The summed E-state index contributed by atoms with van der Waals surface area (Å²) in [5.41, 5.74) is 0. The van der Waals surface area contributed by atoms with Crippen LogP contribution in [0.4, 0.5) is 0 Å². The van der Waals surface area contributed by atoms with Crippen LogP contribution in [0.15, 0.2) is 0 Å². The minimum absolute atomic E-state index is 0.599. The first-order chi connectivity index (χ1) is 4.77. The molecule has 0 unspecified atom stereocenters. The molecule has 0 atom stereocenters. The molecule has 0 rings (SSSR count). The molecular formula is C8H18NO. The van der Waals surface area contributed by atoms with Crippen molar-refractivity contribution in [2.75, 3.05) is 33.9 Å². The molecule has 0 bridgehead atoms. The van der Waals surface area contributed by atoms with E-state index >= 15 is 0 Å². The third-order valence-electron chi connectivity index (χ3n) is 1.29. The van der Waals surface area contributed by atoms with E-state index in [9.17, 15) is 0 Å². The van der Waals surface area contributed by atoms with Crippen LogP contribution in [-0.2, 0) is 4.74 Å². The van der Waals surface area contributed by atoms with Gasteiger partial charge in [0.2, 0.25) is 0 Å². The topological polar surface area (TPSA) is 12.5 Å². The van der Waals surface area contributed by atoms with Crippen LogP contribution in [0.3, 0.4) is 0 Å². The van der Waals surface area contributed by atoms with E-state index in [1.807, 2.05) is 0 Å². The van der Waals surface area contributed by atoms with Gasteiger partial charge in [-0.15, -0.1) is 0 Å². The van der Waals surface area contributed by atoms with E-state index in [1.165, 1.54) is 6.42 Å². The third-order valence-corrected chi connectivity index (χ3v) is 1.29. The van der Waals surface area contributed by atoms with Crippen LogP contribution in [-0.4, -0.2) is 38.8 Å². The highest BCUT2D eigenvalue weighted by Crippen LogP contribution is 1.90. The summed E-state index contributed by atoms with van der Waals surface area (Å²) >= 11 is 0. The Bertz CT molecular complexity index is 64.3. The van der Waals surface area contributed by atoms with Crippen molar-refractivity contribution in [2.24, 2.45) is 0 Å². The zero-order valence-corrected chi connectivity index (χ0v) is 7.10. The van der Waals surface area contributed by atoms with Gasteiger partial charge >= 0.3 is 0 Å². The van der Waals surface area contributed by atoms with Gasteiger partial charge in [-0.1, -0.05) is 0 Å². The Kier molecular flexibility index (Phi) is 6.98. The summed E-state index contributed by atoms with van der Waals surface area (Å²) in [5, 5.41) is 0. The predicted molar refractivity (Wildman–Crippen MR) is 44.0 cm³/mol. The fraction of sp³-hybridized carbons (Fsp3) is 0.875. The van der Waals surface area contributed by atoms with Crippen LogP contribution < -0.4 is 0 Å². The van der Waals surface area contributed by atoms with E-state index < -0.39 is 0 Å². The second kappa shape index (κ2) is 7.03.